The number of rotatable bonds is 9. The Morgan fingerprint density at radius 2 is 1.88 bits per heavy atom. The van der Waals surface area contributed by atoms with Crippen molar-refractivity contribution in [1.82, 2.24) is 39.9 Å². The number of carbonyl (C=O) groups is 5. The van der Waals surface area contributed by atoms with Gasteiger partial charge in [0, 0.05) is 63.6 Å². The summed E-state index contributed by atoms with van der Waals surface area (Å²) in [4.78, 5) is 81.8. The highest BCUT2D eigenvalue weighted by Crippen LogP contribution is 2.36. The van der Waals surface area contributed by atoms with Crippen molar-refractivity contribution in [1.29, 1.82) is 0 Å². The molecule has 4 aromatic rings. The molecule has 3 aromatic heterocycles. The molecule has 1 aromatic carbocycles. The van der Waals surface area contributed by atoms with Crippen LogP contribution >= 0.6 is 0 Å². The molecule has 64 heavy (non-hydrogen) atoms. The number of fused-ring (bicyclic) bond motifs is 6. The first kappa shape index (κ1) is 45.9. The van der Waals surface area contributed by atoms with Crippen molar-refractivity contribution >= 4 is 35.2 Å². The van der Waals surface area contributed by atoms with Gasteiger partial charge in [0.25, 0.3) is 5.91 Å². The molecule has 3 N–H and O–H groups in total. The van der Waals surface area contributed by atoms with Crippen molar-refractivity contribution in [3.63, 3.8) is 0 Å². The summed E-state index contributed by atoms with van der Waals surface area (Å²) in [6, 6.07) is 9.80. The summed E-state index contributed by atoms with van der Waals surface area (Å²) < 4.78 is 13.8. The van der Waals surface area contributed by atoms with Crippen molar-refractivity contribution in [2.75, 3.05) is 40.4 Å². The molecule has 7 rings (SSSR count). The molecule has 0 radical (unpaired) electrons. The van der Waals surface area contributed by atoms with Crippen LogP contribution in [0.4, 0.5) is 0 Å². The number of aromatic nitrogens is 3. The number of pyridine rings is 2. The number of ether oxygens (including phenoxy) is 2. The molecule has 0 unspecified atom stereocenters. The minimum atomic E-state index is -1.17. The number of methoxy groups -OCH3 is 1. The smallest absolute Gasteiger partial charge is 0.324 e. The van der Waals surface area contributed by atoms with Gasteiger partial charge in [0.05, 0.1) is 35.7 Å². The maximum Gasteiger partial charge on any atom is 0.324 e. The number of likely N-dealkylation sites (N-methyl/N-ethyl adjacent to an activating group) is 1. The minimum absolute atomic E-state index is 0.0264. The van der Waals surface area contributed by atoms with E-state index in [4.69, 9.17) is 14.5 Å². The molecule has 4 amide bonds. The number of benzene rings is 1. The van der Waals surface area contributed by atoms with E-state index in [0.29, 0.717) is 49.0 Å². The van der Waals surface area contributed by atoms with Crippen LogP contribution in [0.3, 0.4) is 0 Å². The first-order valence-electron chi connectivity index (χ1n) is 22.0. The molecule has 6 bridgehead atoms. The Hall–Kier alpha value is -6.13. The predicted octanol–water partition coefficient (Wildman–Crippen LogP) is 4.64. The number of hydrazine groups is 1. The molecule has 5 atom stereocenters. The zero-order valence-electron chi connectivity index (χ0n) is 37.8. The number of nitrogens with one attached hydrogen (secondary N) is 2. The van der Waals surface area contributed by atoms with E-state index in [1.165, 1.54) is 16.0 Å². The van der Waals surface area contributed by atoms with Crippen molar-refractivity contribution in [3.8, 4) is 28.1 Å². The Bertz CT molecular complexity index is 2450. The number of aromatic hydroxyl groups is 1. The quantitative estimate of drug-likeness (QED) is 0.157. The van der Waals surface area contributed by atoms with Crippen molar-refractivity contribution in [2.45, 2.75) is 91.0 Å². The van der Waals surface area contributed by atoms with Gasteiger partial charge in [0.2, 0.25) is 17.7 Å². The van der Waals surface area contributed by atoms with Gasteiger partial charge in [-0.2, -0.15) is 0 Å². The third-order valence-corrected chi connectivity index (χ3v) is 12.6. The van der Waals surface area contributed by atoms with E-state index in [2.05, 4.69) is 22.3 Å². The first-order chi connectivity index (χ1) is 30.5. The highest BCUT2D eigenvalue weighted by molar-refractivity contribution is 5.94. The fourth-order valence-electron chi connectivity index (χ4n) is 9.17. The largest absolute Gasteiger partial charge is 0.508 e. The molecule has 3 aliphatic heterocycles. The van der Waals surface area contributed by atoms with E-state index in [1.54, 1.807) is 37.4 Å². The van der Waals surface area contributed by atoms with Gasteiger partial charge in [-0.05, 0) is 97.7 Å². The molecular formula is C48H60N8O8. The van der Waals surface area contributed by atoms with Crippen molar-refractivity contribution in [3.05, 3.63) is 84.5 Å². The van der Waals surface area contributed by atoms with E-state index >= 15 is 0 Å². The zero-order valence-corrected chi connectivity index (χ0v) is 37.8. The van der Waals surface area contributed by atoms with Crippen LogP contribution in [0.5, 0.6) is 5.75 Å². The molecule has 0 aliphatic carbocycles. The summed E-state index contributed by atoms with van der Waals surface area (Å²) in [6.07, 6.45) is 6.40. The normalized spacial score (nSPS) is 21.2. The number of phenolic OH excluding ortho intramolecular Hbond substituents is 1. The number of phenols is 1. The van der Waals surface area contributed by atoms with Gasteiger partial charge in [-0.15, -0.1) is 0 Å². The lowest BCUT2D eigenvalue weighted by Crippen LogP contribution is -2.62. The summed E-state index contributed by atoms with van der Waals surface area (Å²) in [6.45, 7) is 14.2. The highest BCUT2D eigenvalue weighted by atomic mass is 16.5. The van der Waals surface area contributed by atoms with E-state index in [-0.39, 0.29) is 55.7 Å². The second-order valence-electron chi connectivity index (χ2n) is 18.4. The van der Waals surface area contributed by atoms with Crippen LogP contribution < -0.4 is 10.7 Å². The third kappa shape index (κ3) is 9.67. The number of hydrogen-bond acceptors (Lipinski definition) is 11. The summed E-state index contributed by atoms with van der Waals surface area (Å²) >= 11 is 0. The third-order valence-electron chi connectivity index (χ3n) is 12.6. The number of hydrogen-bond donors (Lipinski definition) is 3. The second kappa shape index (κ2) is 18.9. The number of nitrogens with zero attached hydrogens (tertiary/aromatic N) is 6. The van der Waals surface area contributed by atoms with Crippen molar-refractivity contribution < 1.29 is 38.6 Å². The Balaban J connectivity index is 1.28. The highest BCUT2D eigenvalue weighted by Gasteiger charge is 2.40. The summed E-state index contributed by atoms with van der Waals surface area (Å²) in [5.41, 5.74) is 8.30. The Kier molecular flexibility index (Phi) is 13.6. The van der Waals surface area contributed by atoms with E-state index in [1.807, 2.05) is 75.5 Å². The topological polar surface area (TPSA) is 188 Å². The molecule has 3 aliphatic rings. The van der Waals surface area contributed by atoms with E-state index in [0.717, 1.165) is 28.2 Å². The number of amides is 4. The lowest BCUT2D eigenvalue weighted by Gasteiger charge is -2.37. The minimum Gasteiger partial charge on any atom is -0.508 e. The van der Waals surface area contributed by atoms with E-state index < -0.39 is 47.2 Å². The summed E-state index contributed by atoms with van der Waals surface area (Å²) in [7, 11) is 3.21. The molecule has 16 nitrogen and oxygen atoms in total. The van der Waals surface area contributed by atoms with Gasteiger partial charge in [0.15, 0.2) is 0 Å². The number of imidazole rings is 1. The maximum atomic E-state index is 14.6. The molecule has 340 valence electrons. The fourth-order valence-corrected chi connectivity index (χ4v) is 9.17. The summed E-state index contributed by atoms with van der Waals surface area (Å²) in [5, 5.41) is 15.6. The molecule has 0 saturated carbocycles. The lowest BCUT2D eigenvalue weighted by molar-refractivity contribution is -0.155. The van der Waals surface area contributed by atoms with Crippen LogP contribution in [0.1, 0.15) is 76.9 Å². The molecular weight excluding hydrogens is 817 g/mol. The van der Waals surface area contributed by atoms with Gasteiger partial charge in [-0.25, -0.2) is 10.4 Å². The van der Waals surface area contributed by atoms with Crippen LogP contribution in [-0.4, -0.2) is 122 Å². The Labute approximate surface area is 374 Å². The van der Waals surface area contributed by atoms with Crippen LogP contribution in [0.2, 0.25) is 0 Å². The molecule has 0 spiro atoms. The standard InChI is InChI=1S/C48H60N8O8/c1-9-40(58)54-19-16-32(25-54)45(60)53(7)43(28(2)3)44(59)50-37-22-30-20-33(23-34(57)21-30)31-14-15-39-51-42(35-12-10-17-49-41(35)29(4)63-8)38(55(39)26-31)24-48(5,6)27-64-47(62)36-13-11-18-56(52-36)46(37)61/h9-10,12,14-15,17,20-21,23,26,28-29,32,36-37,43,52,57H,1,11,13,16,18-19,22,24-25,27H2,2-8H3,(H,50,59)/t29-,32-,36-,37-,43-/m0/s1. The lowest BCUT2D eigenvalue weighted by atomic mass is 9.87. The van der Waals surface area contributed by atoms with Crippen LogP contribution in [0.25, 0.3) is 28.0 Å². The number of carbonyl (C=O) groups excluding carboxylic acids is 5. The second-order valence-corrected chi connectivity index (χ2v) is 18.4. The molecule has 2 fully saturated rings. The molecule has 2 saturated heterocycles. The average Bonchev–Trinajstić information content (AvgIpc) is 3.91. The van der Waals surface area contributed by atoms with Crippen LogP contribution in [0.15, 0.2) is 67.5 Å². The Morgan fingerprint density at radius 1 is 1.09 bits per heavy atom. The van der Waals surface area contributed by atoms with Crippen LogP contribution in [-0.2, 0) is 46.3 Å². The first-order valence-corrected chi connectivity index (χ1v) is 22.0. The predicted molar refractivity (Wildman–Crippen MR) is 239 cm³/mol. The zero-order chi connectivity index (χ0) is 46.0. The maximum absolute atomic E-state index is 14.6. The van der Waals surface area contributed by atoms with Gasteiger partial charge >= 0.3 is 5.97 Å². The molecule has 6 heterocycles. The van der Waals surface area contributed by atoms with Gasteiger partial charge < -0.3 is 34.1 Å². The Morgan fingerprint density at radius 3 is 2.61 bits per heavy atom. The van der Waals surface area contributed by atoms with Crippen molar-refractivity contribution in [2.24, 2.45) is 17.3 Å². The SMILES string of the molecule is C=CC(=O)N1CC[C@H](C(=O)N(C)[C@H](C(=O)N[C@H]2Cc3cc(O)cc(c3)-c3ccc4nc(-c5cccnc5[C@H](C)OC)c(n4c3)CC(C)(C)COC(=O)[C@@H]3CCCN(N3)C2=O)C(C)C)C1. The van der Waals surface area contributed by atoms with Gasteiger partial charge in [-0.3, -0.25) is 34.0 Å². The average molecular weight is 877 g/mol. The monoisotopic (exact) mass is 876 g/mol. The van der Waals surface area contributed by atoms with Gasteiger partial charge in [-0.1, -0.05) is 40.3 Å². The number of likely N-dealkylation sites (tertiary alicyclic amines) is 1. The summed E-state index contributed by atoms with van der Waals surface area (Å²) in [5.74, 6) is -2.95. The fraction of sp³-hybridized carbons (Fsp3) is 0.479. The number of cyclic esters (lactones) is 1. The van der Waals surface area contributed by atoms with Gasteiger partial charge in [0.1, 0.15) is 29.5 Å². The van der Waals surface area contributed by atoms with Crippen LogP contribution in [0, 0.1) is 17.3 Å². The van der Waals surface area contributed by atoms with E-state index in [9.17, 15) is 29.1 Å². The molecule has 16 heteroatoms. The number of esters is 1.